The molecule has 0 bridgehead atoms. The number of fused-ring (bicyclic) bond motifs is 1. The standard InChI is InChI=1S/C17H19FN6O/c1-24-8-9(6-21-24)15-13-10(7-20-17(13)25)14(18)16(23-15)22-12-5-3-2-4-11(12)19/h6,8,12,19H,2-5,7H2,1H3,(H,20,25)(H,22,23). The first-order valence-electron chi connectivity index (χ1n) is 8.38. The zero-order valence-electron chi connectivity index (χ0n) is 13.9. The highest BCUT2D eigenvalue weighted by Crippen LogP contribution is 2.33. The molecule has 0 radical (unpaired) electrons. The van der Waals surface area contributed by atoms with E-state index in [0.717, 1.165) is 25.7 Å². The molecule has 3 heterocycles. The maximum Gasteiger partial charge on any atom is 0.254 e. The molecule has 3 N–H and O–H groups in total. The molecule has 0 aromatic carbocycles. The number of aryl methyl sites for hydroxylation is 1. The number of amides is 1. The van der Waals surface area contributed by atoms with Gasteiger partial charge in [-0.05, 0) is 19.3 Å². The maximum atomic E-state index is 14.9. The largest absolute Gasteiger partial charge is 0.360 e. The molecule has 1 fully saturated rings. The Balaban J connectivity index is 1.80. The Morgan fingerprint density at radius 2 is 2.28 bits per heavy atom. The fraction of sp³-hybridized carbons (Fsp3) is 0.412. The average molecular weight is 342 g/mol. The van der Waals surface area contributed by atoms with Gasteiger partial charge in [0.05, 0.1) is 23.5 Å². The molecular weight excluding hydrogens is 323 g/mol. The first-order chi connectivity index (χ1) is 12.0. The van der Waals surface area contributed by atoms with E-state index in [4.69, 9.17) is 5.41 Å². The number of nitrogens with one attached hydrogen (secondary N) is 3. The first-order valence-corrected chi connectivity index (χ1v) is 8.38. The summed E-state index contributed by atoms with van der Waals surface area (Å²) in [6, 6.07) is -0.208. The highest BCUT2D eigenvalue weighted by atomic mass is 19.1. The fourth-order valence-corrected chi connectivity index (χ4v) is 3.46. The number of anilines is 1. The Kier molecular flexibility index (Phi) is 3.74. The Labute approximate surface area is 144 Å². The number of rotatable bonds is 3. The summed E-state index contributed by atoms with van der Waals surface area (Å²) in [5.74, 6) is -0.734. The molecule has 7 nitrogen and oxygen atoms in total. The van der Waals surface area contributed by atoms with Crippen LogP contribution in [0, 0.1) is 11.2 Å². The van der Waals surface area contributed by atoms with Gasteiger partial charge >= 0.3 is 0 Å². The lowest BCUT2D eigenvalue weighted by Gasteiger charge is -2.25. The molecule has 2 aromatic heterocycles. The molecule has 1 saturated carbocycles. The van der Waals surface area contributed by atoms with Gasteiger partial charge in [0.15, 0.2) is 11.6 Å². The van der Waals surface area contributed by atoms with Crippen molar-refractivity contribution in [3.8, 4) is 11.3 Å². The van der Waals surface area contributed by atoms with E-state index in [-0.39, 0.29) is 29.9 Å². The summed E-state index contributed by atoms with van der Waals surface area (Å²) in [6.45, 7) is 0.145. The van der Waals surface area contributed by atoms with Crippen molar-refractivity contribution in [3.05, 3.63) is 29.3 Å². The molecule has 130 valence electrons. The van der Waals surface area contributed by atoms with Crippen molar-refractivity contribution in [3.63, 3.8) is 0 Å². The Bertz CT molecular complexity index is 874. The fourth-order valence-electron chi connectivity index (χ4n) is 3.46. The minimum atomic E-state index is -0.514. The van der Waals surface area contributed by atoms with E-state index < -0.39 is 5.82 Å². The van der Waals surface area contributed by atoms with Crippen molar-refractivity contribution in [1.82, 2.24) is 20.1 Å². The van der Waals surface area contributed by atoms with Gasteiger partial charge in [0.2, 0.25) is 0 Å². The number of aromatic nitrogens is 3. The monoisotopic (exact) mass is 342 g/mol. The van der Waals surface area contributed by atoms with Gasteiger partial charge in [-0.25, -0.2) is 9.37 Å². The molecule has 4 rings (SSSR count). The number of carbonyl (C=O) groups is 1. The van der Waals surface area contributed by atoms with Crippen molar-refractivity contribution in [2.45, 2.75) is 38.3 Å². The predicted molar refractivity (Wildman–Crippen MR) is 91.2 cm³/mol. The lowest BCUT2D eigenvalue weighted by atomic mass is 9.93. The molecule has 0 spiro atoms. The van der Waals surface area contributed by atoms with Gasteiger partial charge in [-0.2, -0.15) is 5.10 Å². The predicted octanol–water partition coefficient (Wildman–Crippen LogP) is 2.24. The molecule has 1 aliphatic heterocycles. The molecule has 0 saturated heterocycles. The third-order valence-electron chi connectivity index (χ3n) is 4.79. The van der Waals surface area contributed by atoms with E-state index in [2.05, 4.69) is 20.7 Å². The van der Waals surface area contributed by atoms with Crippen molar-refractivity contribution in [1.29, 1.82) is 5.41 Å². The van der Waals surface area contributed by atoms with E-state index in [1.807, 2.05) is 0 Å². The van der Waals surface area contributed by atoms with E-state index in [9.17, 15) is 9.18 Å². The second-order valence-corrected chi connectivity index (χ2v) is 6.53. The van der Waals surface area contributed by atoms with Crippen LogP contribution in [0.1, 0.15) is 41.6 Å². The highest BCUT2D eigenvalue weighted by molar-refractivity contribution is 6.04. The number of pyridine rings is 1. The summed E-state index contributed by atoms with van der Waals surface area (Å²) in [5, 5.41) is 17.9. The number of carbonyl (C=O) groups excluding carboxylic acids is 1. The van der Waals surface area contributed by atoms with Crippen LogP contribution in [0.4, 0.5) is 10.2 Å². The number of nitrogens with zero attached hydrogens (tertiary/aromatic N) is 3. The quantitative estimate of drug-likeness (QED) is 0.797. The summed E-state index contributed by atoms with van der Waals surface area (Å²) in [5.41, 5.74) is 2.26. The van der Waals surface area contributed by atoms with Gasteiger partial charge < -0.3 is 16.0 Å². The number of hydrogen-bond donors (Lipinski definition) is 3. The molecule has 2 aromatic rings. The minimum absolute atomic E-state index is 0.103. The van der Waals surface area contributed by atoms with Gasteiger partial charge in [-0.3, -0.25) is 9.48 Å². The molecule has 8 heteroatoms. The Hall–Kier alpha value is -2.77. The van der Waals surface area contributed by atoms with Crippen LogP contribution in [-0.4, -0.2) is 32.4 Å². The second kappa shape index (κ2) is 5.94. The molecule has 1 atom stereocenters. The summed E-state index contributed by atoms with van der Waals surface area (Å²) in [4.78, 5) is 16.6. The van der Waals surface area contributed by atoms with Gasteiger partial charge in [0, 0.05) is 36.6 Å². The third kappa shape index (κ3) is 2.67. The van der Waals surface area contributed by atoms with Crippen LogP contribution in [0.15, 0.2) is 12.4 Å². The number of halogens is 1. The smallest absolute Gasteiger partial charge is 0.254 e. The summed E-state index contributed by atoms with van der Waals surface area (Å²) < 4.78 is 16.5. The Morgan fingerprint density at radius 3 is 3.00 bits per heavy atom. The molecule has 1 amide bonds. The van der Waals surface area contributed by atoms with E-state index in [1.165, 1.54) is 0 Å². The first kappa shape index (κ1) is 15.7. The SMILES string of the molecule is Cn1cc(-c2nc(NC3CCCCC3=N)c(F)c3c2C(=O)NC3)cn1. The van der Waals surface area contributed by atoms with Crippen LogP contribution >= 0.6 is 0 Å². The highest BCUT2D eigenvalue weighted by Gasteiger charge is 2.31. The molecule has 25 heavy (non-hydrogen) atoms. The molecule has 1 aliphatic carbocycles. The molecule has 2 aliphatic rings. The summed E-state index contributed by atoms with van der Waals surface area (Å²) >= 11 is 0. The Morgan fingerprint density at radius 1 is 1.44 bits per heavy atom. The van der Waals surface area contributed by atoms with Crippen molar-refractivity contribution >= 4 is 17.4 Å². The maximum absolute atomic E-state index is 14.9. The van der Waals surface area contributed by atoms with Crippen LogP contribution in [0.2, 0.25) is 0 Å². The average Bonchev–Trinajstić information content (AvgIpc) is 3.19. The van der Waals surface area contributed by atoms with Crippen LogP contribution in [0.5, 0.6) is 0 Å². The third-order valence-corrected chi connectivity index (χ3v) is 4.79. The normalized spacial score (nSPS) is 19.7. The van der Waals surface area contributed by atoms with Crippen LogP contribution in [-0.2, 0) is 13.6 Å². The van der Waals surface area contributed by atoms with Gasteiger partial charge in [-0.15, -0.1) is 0 Å². The number of hydrogen-bond acceptors (Lipinski definition) is 5. The van der Waals surface area contributed by atoms with Crippen molar-refractivity contribution in [2.24, 2.45) is 7.05 Å². The van der Waals surface area contributed by atoms with Crippen LogP contribution in [0.25, 0.3) is 11.3 Å². The van der Waals surface area contributed by atoms with Crippen molar-refractivity contribution < 1.29 is 9.18 Å². The lowest BCUT2D eigenvalue weighted by Crippen LogP contribution is -2.32. The van der Waals surface area contributed by atoms with E-state index >= 15 is 0 Å². The zero-order chi connectivity index (χ0) is 17.6. The summed E-state index contributed by atoms with van der Waals surface area (Å²) in [7, 11) is 1.77. The summed E-state index contributed by atoms with van der Waals surface area (Å²) in [6.07, 6.45) is 6.87. The van der Waals surface area contributed by atoms with E-state index in [1.54, 1.807) is 24.1 Å². The minimum Gasteiger partial charge on any atom is -0.360 e. The zero-order valence-corrected chi connectivity index (χ0v) is 13.9. The second-order valence-electron chi connectivity index (χ2n) is 6.53. The van der Waals surface area contributed by atoms with Gasteiger partial charge in [-0.1, -0.05) is 6.42 Å². The van der Waals surface area contributed by atoms with Crippen LogP contribution in [0.3, 0.4) is 0 Å². The molecule has 1 unspecified atom stereocenters. The lowest BCUT2D eigenvalue weighted by molar-refractivity contribution is 0.0966. The van der Waals surface area contributed by atoms with Gasteiger partial charge in [0.25, 0.3) is 5.91 Å². The van der Waals surface area contributed by atoms with Gasteiger partial charge in [0.1, 0.15) is 0 Å². The molecular formula is C17H19FN6O. The van der Waals surface area contributed by atoms with E-state index in [0.29, 0.717) is 22.5 Å². The topological polar surface area (TPSA) is 95.7 Å². The van der Waals surface area contributed by atoms with Crippen molar-refractivity contribution in [2.75, 3.05) is 5.32 Å². The van der Waals surface area contributed by atoms with Crippen LogP contribution < -0.4 is 10.6 Å².